The van der Waals surface area contributed by atoms with E-state index in [9.17, 15) is 4.79 Å². The zero-order valence-corrected chi connectivity index (χ0v) is 14.2. The van der Waals surface area contributed by atoms with Gasteiger partial charge in [-0.15, -0.1) is 11.8 Å². The molecule has 0 atom stereocenters. The average Bonchev–Trinajstić information content (AvgIpc) is 2.38. The van der Waals surface area contributed by atoms with Gasteiger partial charge in [-0.1, -0.05) is 35.9 Å². The molecule has 0 saturated carbocycles. The van der Waals surface area contributed by atoms with E-state index in [1.807, 2.05) is 24.3 Å². The number of carbonyl (C=O) groups is 1. The van der Waals surface area contributed by atoms with E-state index in [2.05, 4.69) is 59.1 Å². The summed E-state index contributed by atoms with van der Waals surface area (Å²) in [6.07, 6.45) is 0. The number of rotatable bonds is 5. The molecular formula is C16H16INOS. The van der Waals surface area contributed by atoms with Crippen LogP contribution in [0.2, 0.25) is 0 Å². The fourth-order valence-electron chi connectivity index (χ4n) is 1.83. The molecule has 2 rings (SSSR count). The third-order valence-electron chi connectivity index (χ3n) is 2.69. The number of carbonyl (C=O) groups excluding carboxylic acids is 1. The van der Waals surface area contributed by atoms with Gasteiger partial charge >= 0.3 is 0 Å². The molecule has 2 aromatic carbocycles. The second kappa shape index (κ2) is 7.69. The number of halogens is 1. The second-order valence-electron chi connectivity index (χ2n) is 4.54. The van der Waals surface area contributed by atoms with Gasteiger partial charge in [0, 0.05) is 15.0 Å². The van der Waals surface area contributed by atoms with E-state index in [0.717, 1.165) is 15.0 Å². The lowest BCUT2D eigenvalue weighted by molar-refractivity contribution is -0.113. The summed E-state index contributed by atoms with van der Waals surface area (Å²) in [7, 11) is 0. The number of aryl methyl sites for hydroxylation is 1. The molecule has 0 heterocycles. The predicted molar refractivity (Wildman–Crippen MR) is 95.1 cm³/mol. The summed E-state index contributed by atoms with van der Waals surface area (Å²) in [5, 5.41) is 2.92. The van der Waals surface area contributed by atoms with Gasteiger partial charge < -0.3 is 5.32 Å². The Morgan fingerprint density at radius 3 is 2.75 bits per heavy atom. The molecule has 1 amide bonds. The highest BCUT2D eigenvalue weighted by molar-refractivity contribution is 14.1. The third kappa shape index (κ3) is 5.17. The number of thioether (sulfide) groups is 1. The Morgan fingerprint density at radius 2 is 2.00 bits per heavy atom. The van der Waals surface area contributed by atoms with E-state index >= 15 is 0 Å². The lowest BCUT2D eigenvalue weighted by Gasteiger charge is -2.06. The minimum atomic E-state index is 0.0460. The summed E-state index contributed by atoms with van der Waals surface area (Å²) in [6, 6.07) is 16.2. The molecule has 0 fully saturated rings. The van der Waals surface area contributed by atoms with Crippen LogP contribution in [-0.2, 0) is 10.5 Å². The third-order valence-corrected chi connectivity index (χ3v) is 4.37. The molecule has 0 unspecified atom stereocenters. The van der Waals surface area contributed by atoms with E-state index in [4.69, 9.17) is 0 Å². The number of hydrogen-bond acceptors (Lipinski definition) is 2. The van der Waals surface area contributed by atoms with E-state index in [1.54, 1.807) is 11.8 Å². The molecule has 0 aromatic heterocycles. The molecule has 0 aliphatic carbocycles. The second-order valence-corrected chi connectivity index (χ2v) is 6.77. The Balaban J connectivity index is 1.78. The molecule has 1 N–H and O–H groups in total. The van der Waals surface area contributed by atoms with Crippen LogP contribution in [0.4, 0.5) is 5.69 Å². The number of amides is 1. The first-order chi connectivity index (χ1) is 9.63. The molecule has 0 radical (unpaired) electrons. The van der Waals surface area contributed by atoms with Gasteiger partial charge in [-0.25, -0.2) is 0 Å². The monoisotopic (exact) mass is 397 g/mol. The van der Waals surface area contributed by atoms with Gasteiger partial charge in [0.25, 0.3) is 0 Å². The Hall–Kier alpha value is -1.01. The summed E-state index contributed by atoms with van der Waals surface area (Å²) in [5.74, 6) is 1.38. The molecule has 20 heavy (non-hydrogen) atoms. The highest BCUT2D eigenvalue weighted by Gasteiger charge is 2.03. The molecule has 0 aliphatic rings. The van der Waals surface area contributed by atoms with Crippen LogP contribution in [0.3, 0.4) is 0 Å². The summed E-state index contributed by atoms with van der Waals surface area (Å²) < 4.78 is 1.12. The van der Waals surface area contributed by atoms with Gasteiger partial charge in [0.05, 0.1) is 5.75 Å². The summed E-state index contributed by atoms with van der Waals surface area (Å²) >= 11 is 3.87. The number of hydrogen-bond donors (Lipinski definition) is 1. The normalized spacial score (nSPS) is 10.3. The van der Waals surface area contributed by atoms with Crippen LogP contribution in [0.15, 0.2) is 48.5 Å². The van der Waals surface area contributed by atoms with Crippen molar-refractivity contribution < 1.29 is 4.79 Å². The number of nitrogens with one attached hydrogen (secondary N) is 1. The minimum Gasteiger partial charge on any atom is -0.325 e. The molecule has 2 nitrogen and oxygen atoms in total. The van der Waals surface area contributed by atoms with Crippen LogP contribution >= 0.6 is 34.4 Å². The molecule has 104 valence electrons. The van der Waals surface area contributed by atoms with Crippen LogP contribution in [0.1, 0.15) is 11.1 Å². The molecule has 0 spiro atoms. The highest BCUT2D eigenvalue weighted by Crippen LogP contribution is 2.15. The maximum absolute atomic E-state index is 11.8. The maximum Gasteiger partial charge on any atom is 0.234 e. The predicted octanol–water partition coefficient (Wildman–Crippen LogP) is 4.47. The van der Waals surface area contributed by atoms with Crippen LogP contribution < -0.4 is 5.32 Å². The summed E-state index contributed by atoms with van der Waals surface area (Å²) in [5.41, 5.74) is 3.38. The lowest BCUT2D eigenvalue weighted by atomic mass is 10.2. The maximum atomic E-state index is 11.8. The van der Waals surface area contributed by atoms with Gasteiger partial charge in [0.2, 0.25) is 5.91 Å². The van der Waals surface area contributed by atoms with E-state index in [0.29, 0.717) is 5.75 Å². The van der Waals surface area contributed by atoms with Crippen molar-refractivity contribution >= 4 is 45.9 Å². The van der Waals surface area contributed by atoms with Crippen LogP contribution in [-0.4, -0.2) is 11.7 Å². The first-order valence-corrected chi connectivity index (χ1v) is 8.55. The number of anilines is 1. The molecular weight excluding hydrogens is 381 g/mol. The Bertz CT molecular complexity index is 601. The van der Waals surface area contributed by atoms with Crippen molar-refractivity contribution in [2.45, 2.75) is 12.7 Å². The average molecular weight is 397 g/mol. The van der Waals surface area contributed by atoms with Crippen molar-refractivity contribution in [2.75, 3.05) is 11.1 Å². The van der Waals surface area contributed by atoms with E-state index in [-0.39, 0.29) is 5.91 Å². The van der Waals surface area contributed by atoms with Crippen molar-refractivity contribution in [1.82, 2.24) is 0 Å². The quantitative estimate of drug-likeness (QED) is 0.755. The van der Waals surface area contributed by atoms with Gasteiger partial charge in [-0.3, -0.25) is 4.79 Å². The minimum absolute atomic E-state index is 0.0460. The molecule has 0 saturated heterocycles. The van der Waals surface area contributed by atoms with Crippen molar-refractivity contribution in [3.05, 3.63) is 63.2 Å². The van der Waals surface area contributed by atoms with Crippen LogP contribution in [0.25, 0.3) is 0 Å². The topological polar surface area (TPSA) is 29.1 Å². The molecule has 4 heteroatoms. The number of benzene rings is 2. The van der Waals surface area contributed by atoms with Crippen molar-refractivity contribution in [3.8, 4) is 0 Å². The van der Waals surface area contributed by atoms with Crippen molar-refractivity contribution in [1.29, 1.82) is 0 Å². The fraction of sp³-hybridized carbons (Fsp3) is 0.188. The standard InChI is InChI=1S/C16H16INOS/c1-12-4-2-5-13(8-12)10-20-11-16(19)18-15-7-3-6-14(17)9-15/h2-9H,10-11H2,1H3,(H,18,19). The van der Waals surface area contributed by atoms with Gasteiger partial charge in [0.1, 0.15) is 0 Å². The Kier molecular flexibility index (Phi) is 5.91. The molecule has 0 aliphatic heterocycles. The summed E-state index contributed by atoms with van der Waals surface area (Å²) in [4.78, 5) is 11.8. The lowest BCUT2D eigenvalue weighted by Crippen LogP contribution is -2.14. The summed E-state index contributed by atoms with van der Waals surface area (Å²) in [6.45, 7) is 2.08. The largest absolute Gasteiger partial charge is 0.325 e. The van der Waals surface area contributed by atoms with Crippen molar-refractivity contribution in [3.63, 3.8) is 0 Å². The zero-order valence-electron chi connectivity index (χ0n) is 11.2. The SMILES string of the molecule is Cc1cccc(CSCC(=O)Nc2cccc(I)c2)c1. The zero-order chi connectivity index (χ0) is 14.4. The Morgan fingerprint density at radius 1 is 1.20 bits per heavy atom. The van der Waals surface area contributed by atoms with E-state index < -0.39 is 0 Å². The fourth-order valence-corrected chi connectivity index (χ4v) is 3.14. The van der Waals surface area contributed by atoms with Crippen LogP contribution in [0, 0.1) is 10.5 Å². The highest BCUT2D eigenvalue weighted by atomic mass is 127. The smallest absolute Gasteiger partial charge is 0.234 e. The van der Waals surface area contributed by atoms with Gasteiger partial charge in [0.15, 0.2) is 0 Å². The molecule has 2 aromatic rings. The molecule has 0 bridgehead atoms. The van der Waals surface area contributed by atoms with Gasteiger partial charge in [-0.05, 0) is 53.3 Å². The van der Waals surface area contributed by atoms with E-state index in [1.165, 1.54) is 11.1 Å². The van der Waals surface area contributed by atoms with Gasteiger partial charge in [-0.2, -0.15) is 0 Å². The Labute approximate surface area is 137 Å². The first kappa shape index (κ1) is 15.4. The van der Waals surface area contributed by atoms with Crippen LogP contribution in [0.5, 0.6) is 0 Å². The first-order valence-electron chi connectivity index (χ1n) is 6.32. The van der Waals surface area contributed by atoms with Crippen molar-refractivity contribution in [2.24, 2.45) is 0 Å².